The molecule has 0 saturated carbocycles. The summed E-state index contributed by atoms with van der Waals surface area (Å²) in [5.74, 6) is 0.126. The van der Waals surface area contributed by atoms with Crippen LogP contribution in [0.2, 0.25) is 0 Å². The van der Waals surface area contributed by atoms with Gasteiger partial charge in [0, 0.05) is 40.3 Å². The smallest absolute Gasteiger partial charge is 0.272 e. The first-order valence-corrected chi connectivity index (χ1v) is 15.7. The van der Waals surface area contributed by atoms with Crippen molar-refractivity contribution in [3.05, 3.63) is 150 Å². The molecular formula is C37H30N4O5S. The molecule has 2 heterocycles. The summed E-state index contributed by atoms with van der Waals surface area (Å²) < 4.78 is 11.3. The van der Waals surface area contributed by atoms with Crippen molar-refractivity contribution in [2.24, 2.45) is 0 Å². The number of pyridine rings is 1. The first kappa shape index (κ1) is 31.1. The molecule has 5 aromatic rings. The second kappa shape index (κ2) is 14.9. The third-order valence-corrected chi connectivity index (χ3v) is 8.31. The SMILES string of the molecule is O=C(Nc1ccc(SC(C(=O)Nc2ccc3c(c2)OCCO3)c2ccccc2)cc1)/C(=C/c1cccnc1)NC(=O)c1ccccc1. The van der Waals surface area contributed by atoms with E-state index in [4.69, 9.17) is 9.47 Å². The molecule has 1 aliphatic heterocycles. The Morgan fingerprint density at radius 3 is 2.17 bits per heavy atom. The summed E-state index contributed by atoms with van der Waals surface area (Å²) in [7, 11) is 0. The molecule has 0 saturated heterocycles. The predicted molar refractivity (Wildman–Crippen MR) is 182 cm³/mol. The van der Waals surface area contributed by atoms with Gasteiger partial charge in [-0.05, 0) is 71.8 Å². The molecule has 0 aliphatic carbocycles. The molecule has 0 bridgehead atoms. The van der Waals surface area contributed by atoms with Crippen LogP contribution in [0.1, 0.15) is 26.7 Å². The predicted octanol–water partition coefficient (Wildman–Crippen LogP) is 6.73. The van der Waals surface area contributed by atoms with E-state index < -0.39 is 17.1 Å². The average Bonchev–Trinajstić information content (AvgIpc) is 3.12. The van der Waals surface area contributed by atoms with Crippen molar-refractivity contribution < 1.29 is 23.9 Å². The lowest BCUT2D eigenvalue weighted by atomic mass is 10.1. The van der Waals surface area contributed by atoms with Crippen LogP contribution in [0.25, 0.3) is 6.08 Å². The molecule has 234 valence electrons. The van der Waals surface area contributed by atoms with Gasteiger partial charge in [0.05, 0.1) is 0 Å². The lowest BCUT2D eigenvalue weighted by molar-refractivity contribution is -0.116. The van der Waals surface area contributed by atoms with Gasteiger partial charge in [0.15, 0.2) is 11.5 Å². The zero-order valence-corrected chi connectivity index (χ0v) is 25.9. The van der Waals surface area contributed by atoms with Gasteiger partial charge in [-0.25, -0.2) is 0 Å². The molecule has 1 atom stereocenters. The van der Waals surface area contributed by atoms with Crippen LogP contribution in [0.5, 0.6) is 11.5 Å². The monoisotopic (exact) mass is 642 g/mol. The van der Waals surface area contributed by atoms with E-state index in [0.29, 0.717) is 47.2 Å². The van der Waals surface area contributed by atoms with E-state index in [1.54, 1.807) is 85.2 Å². The number of carbonyl (C=O) groups is 3. The van der Waals surface area contributed by atoms with E-state index in [9.17, 15) is 14.4 Å². The fraction of sp³-hybridized carbons (Fsp3) is 0.0811. The fourth-order valence-corrected chi connectivity index (χ4v) is 5.78. The zero-order valence-electron chi connectivity index (χ0n) is 25.1. The van der Waals surface area contributed by atoms with Gasteiger partial charge < -0.3 is 25.4 Å². The van der Waals surface area contributed by atoms with E-state index >= 15 is 0 Å². The maximum Gasteiger partial charge on any atom is 0.272 e. The highest BCUT2D eigenvalue weighted by Gasteiger charge is 2.23. The summed E-state index contributed by atoms with van der Waals surface area (Å²) in [5.41, 5.74) is 3.09. The average molecular weight is 643 g/mol. The van der Waals surface area contributed by atoms with E-state index in [0.717, 1.165) is 10.5 Å². The van der Waals surface area contributed by atoms with Crippen LogP contribution >= 0.6 is 11.8 Å². The number of fused-ring (bicyclic) bond motifs is 1. The maximum absolute atomic E-state index is 13.6. The molecular weight excluding hydrogens is 612 g/mol. The minimum Gasteiger partial charge on any atom is -0.486 e. The Morgan fingerprint density at radius 2 is 1.45 bits per heavy atom. The molecule has 3 N–H and O–H groups in total. The second-order valence-corrected chi connectivity index (χ2v) is 11.6. The standard InChI is InChI=1S/C37H30N4O5S/c42-35(27-11-5-2-6-12-27)41-31(22-25-8-7-19-38-24-25)36(43)39-28-13-16-30(17-14-28)47-34(26-9-3-1-4-10-26)37(44)40-29-15-18-32-33(23-29)46-21-20-45-32/h1-19,22-24,34H,20-21H2,(H,39,43)(H,40,44)(H,41,42)/b31-22-. The van der Waals surface area contributed by atoms with Crippen LogP contribution in [0.4, 0.5) is 11.4 Å². The number of amides is 3. The summed E-state index contributed by atoms with van der Waals surface area (Å²) in [5, 5.41) is 8.03. The minimum absolute atomic E-state index is 0.0604. The van der Waals surface area contributed by atoms with Crippen molar-refractivity contribution in [3.8, 4) is 11.5 Å². The topological polar surface area (TPSA) is 119 Å². The van der Waals surface area contributed by atoms with Gasteiger partial charge in [-0.3, -0.25) is 19.4 Å². The van der Waals surface area contributed by atoms with Gasteiger partial charge in [-0.1, -0.05) is 54.6 Å². The number of hydrogen-bond acceptors (Lipinski definition) is 7. The lowest BCUT2D eigenvalue weighted by Crippen LogP contribution is -2.30. The number of thioether (sulfide) groups is 1. The highest BCUT2D eigenvalue weighted by atomic mass is 32.2. The highest BCUT2D eigenvalue weighted by Crippen LogP contribution is 2.38. The van der Waals surface area contributed by atoms with Crippen LogP contribution in [-0.2, 0) is 9.59 Å². The third-order valence-electron chi connectivity index (χ3n) is 7.04. The molecule has 47 heavy (non-hydrogen) atoms. The zero-order chi connectivity index (χ0) is 32.4. The Kier molecular flexibility index (Phi) is 9.89. The van der Waals surface area contributed by atoms with Crippen LogP contribution in [0.15, 0.2) is 138 Å². The summed E-state index contributed by atoms with van der Waals surface area (Å²) >= 11 is 1.38. The number of nitrogens with zero attached hydrogens (tertiary/aromatic N) is 1. The normalized spacial score (nSPS) is 12.8. The molecule has 3 amide bonds. The Bertz CT molecular complexity index is 1890. The molecule has 1 aliphatic rings. The lowest BCUT2D eigenvalue weighted by Gasteiger charge is -2.20. The molecule has 1 unspecified atom stereocenters. The molecule has 0 fully saturated rings. The van der Waals surface area contributed by atoms with Crippen LogP contribution in [-0.4, -0.2) is 35.9 Å². The highest BCUT2D eigenvalue weighted by molar-refractivity contribution is 8.00. The van der Waals surface area contributed by atoms with E-state index in [1.165, 1.54) is 11.8 Å². The first-order chi connectivity index (χ1) is 23.0. The number of hydrogen-bond donors (Lipinski definition) is 3. The first-order valence-electron chi connectivity index (χ1n) is 14.8. The van der Waals surface area contributed by atoms with Crippen molar-refractivity contribution in [1.82, 2.24) is 10.3 Å². The number of nitrogens with one attached hydrogen (secondary N) is 3. The van der Waals surface area contributed by atoms with Crippen LogP contribution in [0.3, 0.4) is 0 Å². The Labute approximate surface area is 276 Å². The van der Waals surface area contributed by atoms with Gasteiger partial charge in [-0.15, -0.1) is 11.8 Å². The van der Waals surface area contributed by atoms with Crippen molar-refractivity contribution in [1.29, 1.82) is 0 Å². The second-order valence-electron chi connectivity index (χ2n) is 10.4. The van der Waals surface area contributed by atoms with Gasteiger partial charge in [0.2, 0.25) is 5.91 Å². The quantitative estimate of drug-likeness (QED) is 0.114. The Morgan fingerprint density at radius 1 is 0.745 bits per heavy atom. The van der Waals surface area contributed by atoms with E-state index in [-0.39, 0.29) is 11.6 Å². The Balaban J connectivity index is 1.17. The van der Waals surface area contributed by atoms with Gasteiger partial charge in [0.1, 0.15) is 24.2 Å². The molecule has 1 aromatic heterocycles. The molecule has 6 rings (SSSR count). The number of benzene rings is 4. The maximum atomic E-state index is 13.6. The van der Waals surface area contributed by atoms with Crippen molar-refractivity contribution >= 4 is 46.9 Å². The van der Waals surface area contributed by atoms with Crippen LogP contribution < -0.4 is 25.4 Å². The molecule has 0 radical (unpaired) electrons. The largest absolute Gasteiger partial charge is 0.486 e. The number of ether oxygens (including phenoxy) is 2. The number of anilines is 2. The third kappa shape index (κ3) is 8.24. The van der Waals surface area contributed by atoms with Gasteiger partial charge in [-0.2, -0.15) is 0 Å². The number of rotatable bonds is 10. The number of carbonyl (C=O) groups excluding carboxylic acids is 3. The molecule has 10 heteroatoms. The van der Waals surface area contributed by atoms with Crippen molar-refractivity contribution in [3.63, 3.8) is 0 Å². The molecule has 0 spiro atoms. The van der Waals surface area contributed by atoms with E-state index in [1.807, 2.05) is 48.5 Å². The van der Waals surface area contributed by atoms with Gasteiger partial charge in [0.25, 0.3) is 11.8 Å². The minimum atomic E-state index is -0.563. The number of aromatic nitrogens is 1. The fourth-order valence-electron chi connectivity index (χ4n) is 4.75. The van der Waals surface area contributed by atoms with E-state index in [2.05, 4.69) is 20.9 Å². The summed E-state index contributed by atoms with van der Waals surface area (Å²) in [6.07, 6.45) is 4.79. The Hall–Kier alpha value is -5.87. The summed E-state index contributed by atoms with van der Waals surface area (Å²) in [6, 6.07) is 34.2. The van der Waals surface area contributed by atoms with Crippen LogP contribution in [0, 0.1) is 0 Å². The summed E-state index contributed by atoms with van der Waals surface area (Å²) in [6.45, 7) is 0.940. The van der Waals surface area contributed by atoms with Gasteiger partial charge >= 0.3 is 0 Å². The van der Waals surface area contributed by atoms with Crippen molar-refractivity contribution in [2.45, 2.75) is 10.1 Å². The van der Waals surface area contributed by atoms with Crippen molar-refractivity contribution in [2.75, 3.05) is 23.8 Å². The molecule has 9 nitrogen and oxygen atoms in total. The summed E-state index contributed by atoms with van der Waals surface area (Å²) in [4.78, 5) is 44.8. The molecule has 4 aromatic carbocycles.